The molecular weight excluding hydrogens is 144 g/mol. The van der Waals surface area contributed by atoms with Crippen LogP contribution in [0.4, 0.5) is 0 Å². The lowest BCUT2D eigenvalue weighted by Crippen LogP contribution is -1.74. The Morgan fingerprint density at radius 3 is 2.20 bits per heavy atom. The van der Waals surface area contributed by atoms with Crippen molar-refractivity contribution in [3.05, 3.63) is 41.4 Å². The molecule has 1 aromatic rings. The van der Waals surface area contributed by atoms with E-state index in [1.165, 1.54) is 0 Å². The highest BCUT2D eigenvalue weighted by Gasteiger charge is 1.90. The van der Waals surface area contributed by atoms with Crippen LogP contribution in [-0.4, -0.2) is 0 Å². The van der Waals surface area contributed by atoms with Gasteiger partial charge in [0.1, 0.15) is 0 Å². The van der Waals surface area contributed by atoms with Gasteiger partial charge in [0.05, 0.1) is 0 Å². The van der Waals surface area contributed by atoms with Crippen LogP contribution in [0.1, 0.15) is 12.5 Å². The molecule has 0 saturated heterocycles. The molecule has 1 rings (SSSR count). The molecule has 0 radical (unpaired) electrons. The van der Waals surface area contributed by atoms with Gasteiger partial charge in [-0.25, -0.2) is 0 Å². The summed E-state index contributed by atoms with van der Waals surface area (Å²) in [6, 6.07) is 7.66. The molecule has 1 heteroatoms. The van der Waals surface area contributed by atoms with Gasteiger partial charge in [-0.1, -0.05) is 35.9 Å². The molecule has 0 spiro atoms. The van der Waals surface area contributed by atoms with E-state index in [1.807, 2.05) is 31.2 Å². The predicted octanol–water partition coefficient (Wildman–Crippen LogP) is 3.37. The van der Waals surface area contributed by atoms with E-state index in [0.29, 0.717) is 0 Å². The Kier molecular flexibility index (Phi) is 2.13. The van der Waals surface area contributed by atoms with Gasteiger partial charge in [0, 0.05) is 5.02 Å². The van der Waals surface area contributed by atoms with Crippen molar-refractivity contribution in [2.45, 2.75) is 6.92 Å². The average Bonchev–Trinajstić information content (AvgIpc) is 1.88. The fourth-order valence-electron chi connectivity index (χ4n) is 0.734. The zero-order valence-electron chi connectivity index (χ0n) is 5.89. The fourth-order valence-corrected chi connectivity index (χ4v) is 0.860. The minimum absolute atomic E-state index is 0.769. The molecule has 0 fully saturated rings. The summed E-state index contributed by atoms with van der Waals surface area (Å²) in [5, 5.41) is 0.769. The third-order valence-corrected chi connectivity index (χ3v) is 1.59. The largest absolute Gasteiger partial charge is 0.0955 e. The van der Waals surface area contributed by atoms with Gasteiger partial charge in [-0.15, -0.1) is 0 Å². The van der Waals surface area contributed by atoms with Crippen molar-refractivity contribution in [1.82, 2.24) is 0 Å². The molecule has 0 nitrogen and oxygen atoms in total. The maximum Gasteiger partial charge on any atom is 0.0406 e. The molecule has 10 heavy (non-hydrogen) atoms. The molecule has 0 amide bonds. The van der Waals surface area contributed by atoms with E-state index in [-0.39, 0.29) is 0 Å². The van der Waals surface area contributed by atoms with Crippen LogP contribution in [0.2, 0.25) is 5.02 Å². The minimum Gasteiger partial charge on any atom is -0.0955 e. The lowest BCUT2D eigenvalue weighted by molar-refractivity contribution is 1.58. The normalized spacial score (nSPS) is 9.40. The summed E-state index contributed by atoms with van der Waals surface area (Å²) >= 11 is 5.69. The van der Waals surface area contributed by atoms with Crippen molar-refractivity contribution in [2.75, 3.05) is 0 Å². The van der Waals surface area contributed by atoms with Gasteiger partial charge in [-0.3, -0.25) is 0 Å². The highest BCUT2D eigenvalue weighted by Crippen LogP contribution is 2.14. The first-order valence-electron chi connectivity index (χ1n) is 3.11. The Hall–Kier alpha value is -0.750. The average molecular weight is 153 g/mol. The van der Waals surface area contributed by atoms with Crippen LogP contribution < -0.4 is 0 Å². The van der Waals surface area contributed by atoms with Crippen LogP contribution in [0.25, 0.3) is 5.57 Å². The number of rotatable bonds is 1. The number of allylic oxidation sites excluding steroid dienone is 1. The molecule has 52 valence electrons. The first-order chi connectivity index (χ1) is 4.70. The number of benzene rings is 1. The van der Waals surface area contributed by atoms with Gasteiger partial charge in [-0.05, 0) is 24.6 Å². The molecular formula is C9H9Cl. The van der Waals surface area contributed by atoms with Crippen molar-refractivity contribution in [3.8, 4) is 0 Å². The summed E-state index contributed by atoms with van der Waals surface area (Å²) in [6.45, 7) is 5.79. The molecule has 0 aliphatic heterocycles. The smallest absolute Gasteiger partial charge is 0.0406 e. The molecule has 0 atom stereocenters. The third-order valence-electron chi connectivity index (χ3n) is 1.34. The maximum absolute atomic E-state index is 5.69. The zero-order chi connectivity index (χ0) is 7.56. The predicted molar refractivity (Wildman–Crippen MR) is 46.2 cm³/mol. The second kappa shape index (κ2) is 2.89. The second-order valence-electron chi connectivity index (χ2n) is 2.29. The van der Waals surface area contributed by atoms with Gasteiger partial charge >= 0.3 is 0 Å². The van der Waals surface area contributed by atoms with Crippen molar-refractivity contribution in [2.24, 2.45) is 0 Å². The molecule has 1 aromatic carbocycles. The van der Waals surface area contributed by atoms with Crippen LogP contribution in [0.5, 0.6) is 0 Å². The van der Waals surface area contributed by atoms with Crippen LogP contribution in [-0.2, 0) is 0 Å². The Labute approximate surface area is 66.1 Å². The molecule has 0 bridgehead atoms. The first kappa shape index (κ1) is 7.36. The van der Waals surface area contributed by atoms with E-state index < -0.39 is 0 Å². The molecule has 0 saturated carbocycles. The summed E-state index contributed by atoms with van der Waals surface area (Å²) in [7, 11) is 0. The summed E-state index contributed by atoms with van der Waals surface area (Å²) in [5.74, 6) is 0. The fraction of sp³-hybridized carbons (Fsp3) is 0.111. The monoisotopic (exact) mass is 152 g/mol. The summed E-state index contributed by atoms with van der Waals surface area (Å²) in [5.41, 5.74) is 2.21. The van der Waals surface area contributed by atoms with Crippen molar-refractivity contribution >= 4 is 17.2 Å². The van der Waals surface area contributed by atoms with Crippen LogP contribution in [0.15, 0.2) is 30.8 Å². The van der Waals surface area contributed by atoms with Crippen LogP contribution in [0.3, 0.4) is 0 Å². The van der Waals surface area contributed by atoms with E-state index in [2.05, 4.69) is 6.58 Å². The number of hydrogen-bond acceptors (Lipinski definition) is 0. The SMILES string of the molecule is C=C(C)c1ccc(Cl)cc1. The topological polar surface area (TPSA) is 0 Å². The minimum atomic E-state index is 0.769. The van der Waals surface area contributed by atoms with E-state index in [9.17, 15) is 0 Å². The highest BCUT2D eigenvalue weighted by molar-refractivity contribution is 6.30. The maximum atomic E-state index is 5.69. The van der Waals surface area contributed by atoms with Crippen LogP contribution >= 0.6 is 11.6 Å². The van der Waals surface area contributed by atoms with Gasteiger partial charge in [0.2, 0.25) is 0 Å². The zero-order valence-corrected chi connectivity index (χ0v) is 6.65. The van der Waals surface area contributed by atoms with Crippen molar-refractivity contribution < 1.29 is 0 Å². The van der Waals surface area contributed by atoms with Gasteiger partial charge in [-0.2, -0.15) is 0 Å². The van der Waals surface area contributed by atoms with Crippen molar-refractivity contribution in [3.63, 3.8) is 0 Å². The lowest BCUT2D eigenvalue weighted by atomic mass is 10.1. The third kappa shape index (κ3) is 1.61. The molecule has 0 unspecified atom stereocenters. The standard InChI is InChI=1S/C9H9Cl/c1-7(2)8-3-5-9(10)6-4-8/h3-6H,1H2,2H3. The number of hydrogen-bond donors (Lipinski definition) is 0. The second-order valence-corrected chi connectivity index (χ2v) is 2.72. The van der Waals surface area contributed by atoms with E-state index in [4.69, 9.17) is 11.6 Å². The molecule has 0 heterocycles. The van der Waals surface area contributed by atoms with E-state index >= 15 is 0 Å². The van der Waals surface area contributed by atoms with Crippen molar-refractivity contribution in [1.29, 1.82) is 0 Å². The lowest BCUT2D eigenvalue weighted by Gasteiger charge is -1.97. The van der Waals surface area contributed by atoms with Crippen LogP contribution in [0, 0.1) is 0 Å². The summed E-state index contributed by atoms with van der Waals surface area (Å²) in [6.07, 6.45) is 0. The van der Waals surface area contributed by atoms with Gasteiger partial charge < -0.3 is 0 Å². The molecule has 0 aliphatic carbocycles. The highest BCUT2D eigenvalue weighted by atomic mass is 35.5. The number of halogens is 1. The van der Waals surface area contributed by atoms with Gasteiger partial charge in [0.25, 0.3) is 0 Å². The Morgan fingerprint density at radius 2 is 1.80 bits per heavy atom. The van der Waals surface area contributed by atoms with E-state index in [1.54, 1.807) is 0 Å². The summed E-state index contributed by atoms with van der Waals surface area (Å²) in [4.78, 5) is 0. The van der Waals surface area contributed by atoms with Gasteiger partial charge in [0.15, 0.2) is 0 Å². The molecule has 0 N–H and O–H groups in total. The van der Waals surface area contributed by atoms with E-state index in [0.717, 1.165) is 16.2 Å². The molecule has 0 aliphatic rings. The Morgan fingerprint density at radius 1 is 1.30 bits per heavy atom. The summed E-state index contributed by atoms with van der Waals surface area (Å²) < 4.78 is 0. The Bertz CT molecular complexity index is 233. The molecule has 0 aromatic heterocycles. The first-order valence-corrected chi connectivity index (χ1v) is 3.49. The Balaban J connectivity index is 3.00. The quantitative estimate of drug-likeness (QED) is 0.579.